The molecule has 2 aromatic rings. The second kappa shape index (κ2) is 4.77. The molecule has 0 spiro atoms. The maximum Gasteiger partial charge on any atom is 0.261 e. The van der Waals surface area contributed by atoms with Gasteiger partial charge in [-0.3, -0.25) is 15.4 Å². The normalized spacial score (nSPS) is 10.0. The van der Waals surface area contributed by atoms with Gasteiger partial charge in [0.25, 0.3) is 5.56 Å². The molecule has 0 bridgehead atoms. The topological polar surface area (TPSA) is 141 Å². The van der Waals surface area contributed by atoms with Gasteiger partial charge in [0, 0.05) is 0 Å². The summed E-state index contributed by atoms with van der Waals surface area (Å²) in [5, 5.41) is 6.72. The van der Waals surface area contributed by atoms with E-state index in [1.165, 1.54) is 12.5 Å². The smallest absolute Gasteiger partial charge is 0.261 e. The summed E-state index contributed by atoms with van der Waals surface area (Å²) in [6.45, 7) is 0. The van der Waals surface area contributed by atoms with Crippen molar-refractivity contribution in [2.75, 3.05) is 0 Å². The van der Waals surface area contributed by atoms with Crippen LogP contribution < -0.4 is 11.1 Å². The summed E-state index contributed by atoms with van der Waals surface area (Å²) in [6.07, 6.45) is 2.78. The van der Waals surface area contributed by atoms with Crippen LogP contribution in [0.15, 0.2) is 17.3 Å². The molecule has 0 amide bonds. The van der Waals surface area contributed by atoms with Crippen LogP contribution in [0.25, 0.3) is 11.0 Å². The minimum atomic E-state index is -2.12. The molecule has 6 N–H and O–H groups in total. The maximum absolute atomic E-state index is 10.9. The van der Waals surface area contributed by atoms with Gasteiger partial charge >= 0.3 is 0 Å². The van der Waals surface area contributed by atoms with Crippen molar-refractivity contribution in [3.63, 3.8) is 0 Å². The molecular formula is C5H8N5O3P. The largest absolute Gasteiger partial charge is 0.338 e. The van der Waals surface area contributed by atoms with Crippen LogP contribution in [0.4, 0.5) is 0 Å². The predicted octanol–water partition coefficient (Wildman–Crippen LogP) is -1.20. The molecule has 0 saturated carbocycles. The standard InChI is InChI=1S/C5H4N4O.H4NO2P/c10-5-3-1-8-9-4(3)6-2-7-5;1-4(2)3/h1-2H,(H2,6,7,8,9,10);2-3H,1H2. The van der Waals surface area contributed by atoms with E-state index in [1.807, 2.05) is 0 Å². The maximum atomic E-state index is 10.9. The molecule has 0 atom stereocenters. The van der Waals surface area contributed by atoms with Crippen molar-refractivity contribution in [3.8, 4) is 0 Å². The van der Waals surface area contributed by atoms with Crippen molar-refractivity contribution >= 4 is 19.6 Å². The third-order valence-electron chi connectivity index (χ3n) is 1.25. The monoisotopic (exact) mass is 217 g/mol. The molecule has 0 radical (unpaired) electrons. The lowest BCUT2D eigenvalue weighted by Gasteiger charge is -1.81. The summed E-state index contributed by atoms with van der Waals surface area (Å²) < 4.78 is 0. The van der Waals surface area contributed by atoms with Gasteiger partial charge in [0.05, 0.1) is 12.5 Å². The fourth-order valence-electron chi connectivity index (χ4n) is 0.777. The minimum absolute atomic E-state index is 0.168. The molecule has 14 heavy (non-hydrogen) atoms. The number of nitrogens with one attached hydrogen (secondary N) is 2. The van der Waals surface area contributed by atoms with E-state index in [0.29, 0.717) is 11.0 Å². The van der Waals surface area contributed by atoms with Gasteiger partial charge in [-0.15, -0.1) is 0 Å². The summed E-state index contributed by atoms with van der Waals surface area (Å²) in [7, 11) is -2.12. The molecule has 2 aromatic heterocycles. The van der Waals surface area contributed by atoms with E-state index in [0.717, 1.165) is 0 Å². The fraction of sp³-hybridized carbons (Fsp3) is 0. The number of hydrogen-bond donors (Lipinski definition) is 5. The van der Waals surface area contributed by atoms with Crippen LogP contribution in [0, 0.1) is 0 Å². The molecule has 0 aromatic carbocycles. The van der Waals surface area contributed by atoms with Crippen LogP contribution in [-0.2, 0) is 0 Å². The van der Waals surface area contributed by atoms with E-state index in [-0.39, 0.29) is 5.56 Å². The Bertz CT molecular complexity index is 449. The summed E-state index contributed by atoms with van der Waals surface area (Å²) in [5.41, 5.74) is 4.64. The first-order chi connectivity index (χ1) is 6.61. The Morgan fingerprint density at radius 2 is 2.14 bits per heavy atom. The molecule has 0 aliphatic rings. The van der Waals surface area contributed by atoms with Crippen LogP contribution in [0.2, 0.25) is 0 Å². The molecule has 2 heterocycles. The molecular weight excluding hydrogens is 209 g/mol. The summed E-state index contributed by atoms with van der Waals surface area (Å²) in [4.78, 5) is 32.1. The van der Waals surface area contributed by atoms with Gasteiger partial charge in [-0.05, 0) is 0 Å². The number of rotatable bonds is 0. The second-order valence-corrected chi connectivity index (χ2v) is 2.83. The first kappa shape index (κ1) is 10.7. The number of aromatic amines is 2. The highest BCUT2D eigenvalue weighted by atomic mass is 31.2. The zero-order valence-corrected chi connectivity index (χ0v) is 7.77. The number of nitrogens with zero attached hydrogens (tertiary/aromatic N) is 2. The van der Waals surface area contributed by atoms with E-state index in [9.17, 15) is 4.79 Å². The Morgan fingerprint density at radius 3 is 2.71 bits per heavy atom. The zero-order valence-electron chi connectivity index (χ0n) is 6.88. The van der Waals surface area contributed by atoms with Crippen LogP contribution >= 0.6 is 8.53 Å². The van der Waals surface area contributed by atoms with Crippen molar-refractivity contribution in [2.24, 2.45) is 5.50 Å². The molecule has 8 nitrogen and oxygen atoms in total. The summed E-state index contributed by atoms with van der Waals surface area (Å²) in [6, 6.07) is 0. The predicted molar refractivity (Wildman–Crippen MR) is 50.1 cm³/mol. The number of H-pyrrole nitrogens is 2. The molecule has 0 aliphatic carbocycles. The minimum Gasteiger partial charge on any atom is -0.338 e. The summed E-state index contributed by atoms with van der Waals surface area (Å²) >= 11 is 0. The lowest BCUT2D eigenvalue weighted by atomic mass is 10.4. The van der Waals surface area contributed by atoms with E-state index >= 15 is 0 Å². The van der Waals surface area contributed by atoms with E-state index in [2.05, 4.69) is 25.7 Å². The molecule has 0 aliphatic heterocycles. The Kier molecular flexibility index (Phi) is 3.66. The fourth-order valence-corrected chi connectivity index (χ4v) is 0.777. The van der Waals surface area contributed by atoms with Crippen molar-refractivity contribution in [1.82, 2.24) is 20.2 Å². The van der Waals surface area contributed by atoms with Crippen LogP contribution in [0.5, 0.6) is 0 Å². The third-order valence-corrected chi connectivity index (χ3v) is 1.25. The number of aromatic nitrogens is 4. The van der Waals surface area contributed by atoms with Crippen molar-refractivity contribution in [1.29, 1.82) is 0 Å². The Labute approximate surface area is 78.8 Å². The van der Waals surface area contributed by atoms with Crippen LogP contribution in [-0.4, -0.2) is 30.0 Å². The summed E-state index contributed by atoms with van der Waals surface area (Å²) in [5.74, 6) is 0. The van der Waals surface area contributed by atoms with Gasteiger partial charge in [0.15, 0.2) is 5.65 Å². The van der Waals surface area contributed by atoms with Crippen molar-refractivity contribution < 1.29 is 9.79 Å². The third kappa shape index (κ3) is 2.86. The Balaban J connectivity index is 0.000000213. The van der Waals surface area contributed by atoms with Gasteiger partial charge in [-0.1, -0.05) is 0 Å². The highest BCUT2D eigenvalue weighted by Gasteiger charge is 1.97. The van der Waals surface area contributed by atoms with Gasteiger partial charge in [0.1, 0.15) is 5.39 Å². The second-order valence-electron chi connectivity index (χ2n) is 2.18. The Morgan fingerprint density at radius 1 is 1.50 bits per heavy atom. The highest BCUT2D eigenvalue weighted by Crippen LogP contribution is 2.05. The average molecular weight is 217 g/mol. The first-order valence-electron chi connectivity index (χ1n) is 3.40. The van der Waals surface area contributed by atoms with Gasteiger partial charge in [-0.2, -0.15) is 5.10 Å². The quantitative estimate of drug-likeness (QED) is 0.351. The lowest BCUT2D eigenvalue weighted by molar-refractivity contribution is 0.485. The highest BCUT2D eigenvalue weighted by molar-refractivity contribution is 7.42. The Hall–Kier alpha value is -1.34. The average Bonchev–Trinajstić information content (AvgIpc) is 2.52. The number of fused-ring (bicyclic) bond motifs is 1. The van der Waals surface area contributed by atoms with Gasteiger partial charge in [0.2, 0.25) is 8.53 Å². The van der Waals surface area contributed by atoms with E-state index < -0.39 is 8.53 Å². The van der Waals surface area contributed by atoms with E-state index in [1.54, 1.807) is 0 Å². The molecule has 0 unspecified atom stereocenters. The molecule has 76 valence electrons. The van der Waals surface area contributed by atoms with E-state index in [4.69, 9.17) is 9.79 Å². The van der Waals surface area contributed by atoms with Crippen molar-refractivity contribution in [3.05, 3.63) is 22.9 Å². The van der Waals surface area contributed by atoms with Crippen LogP contribution in [0.1, 0.15) is 0 Å². The molecule has 2 rings (SSSR count). The number of nitrogens with two attached hydrogens (primary N) is 1. The lowest BCUT2D eigenvalue weighted by Crippen LogP contribution is -2.04. The first-order valence-corrected chi connectivity index (χ1v) is 4.72. The van der Waals surface area contributed by atoms with Crippen molar-refractivity contribution in [2.45, 2.75) is 0 Å². The molecule has 0 saturated heterocycles. The zero-order chi connectivity index (χ0) is 10.6. The molecule has 9 heteroatoms. The number of hydrogen-bond acceptors (Lipinski definition) is 6. The van der Waals surface area contributed by atoms with Gasteiger partial charge < -0.3 is 14.8 Å². The van der Waals surface area contributed by atoms with Gasteiger partial charge in [-0.25, -0.2) is 4.98 Å². The SMILES string of the molecule is NP(O)O.O=c1[nH]cnc2[nH]ncc12. The molecule has 0 fully saturated rings. The van der Waals surface area contributed by atoms with Crippen LogP contribution in [0.3, 0.4) is 0 Å².